The Morgan fingerprint density at radius 2 is 1.95 bits per heavy atom. The van der Waals surface area contributed by atoms with Crippen molar-refractivity contribution in [1.29, 1.82) is 0 Å². The molecule has 2 heterocycles. The molecule has 112 valence electrons. The zero-order chi connectivity index (χ0) is 14.6. The van der Waals surface area contributed by atoms with Gasteiger partial charge >= 0.3 is 0 Å². The van der Waals surface area contributed by atoms with Gasteiger partial charge in [-0.05, 0) is 25.7 Å². The van der Waals surface area contributed by atoms with Crippen LogP contribution in [0.3, 0.4) is 0 Å². The van der Waals surface area contributed by atoms with Crippen molar-refractivity contribution < 1.29 is 13.5 Å². The minimum absolute atomic E-state index is 0.113. The number of piperidine rings is 1. The summed E-state index contributed by atoms with van der Waals surface area (Å²) >= 11 is 0. The first kappa shape index (κ1) is 15.1. The van der Waals surface area contributed by atoms with Crippen molar-refractivity contribution in [3.8, 4) is 0 Å². The molecule has 0 amide bonds. The molecular weight excluding hydrogens is 280 g/mol. The van der Waals surface area contributed by atoms with Gasteiger partial charge < -0.3 is 10.4 Å². The van der Waals surface area contributed by atoms with E-state index in [9.17, 15) is 8.42 Å². The standard InChI is InChI=1S/C12H20N4O3S/c1-2-13-12-14-7-11(8-15-12)20(18,19)16-5-3-10(9-17)4-6-16/h7-8,10,17H,2-6,9H2,1H3,(H,13,14,15). The second-order valence-corrected chi connectivity index (χ2v) is 6.74. The number of aliphatic hydroxyl groups is 1. The molecule has 0 saturated carbocycles. The Labute approximate surface area is 119 Å². The van der Waals surface area contributed by atoms with Gasteiger partial charge in [0.05, 0.1) is 12.4 Å². The van der Waals surface area contributed by atoms with E-state index in [0.29, 0.717) is 38.4 Å². The van der Waals surface area contributed by atoms with Crippen LogP contribution in [0.25, 0.3) is 0 Å². The van der Waals surface area contributed by atoms with Gasteiger partial charge in [0.2, 0.25) is 16.0 Å². The molecule has 20 heavy (non-hydrogen) atoms. The molecule has 1 aromatic heterocycles. The number of rotatable bonds is 5. The molecule has 1 aromatic rings. The lowest BCUT2D eigenvalue weighted by atomic mass is 10.00. The summed E-state index contributed by atoms with van der Waals surface area (Å²) in [5, 5.41) is 12.0. The van der Waals surface area contributed by atoms with Gasteiger partial charge in [-0.2, -0.15) is 4.31 Å². The highest BCUT2D eigenvalue weighted by Crippen LogP contribution is 2.22. The molecule has 0 spiro atoms. The Kier molecular flexibility index (Phi) is 4.90. The van der Waals surface area contributed by atoms with Crippen molar-refractivity contribution in [2.24, 2.45) is 5.92 Å². The highest BCUT2D eigenvalue weighted by molar-refractivity contribution is 7.89. The van der Waals surface area contributed by atoms with E-state index >= 15 is 0 Å². The Morgan fingerprint density at radius 1 is 1.35 bits per heavy atom. The van der Waals surface area contributed by atoms with Crippen LogP contribution in [0.1, 0.15) is 19.8 Å². The third-order valence-corrected chi connectivity index (χ3v) is 5.28. The van der Waals surface area contributed by atoms with Gasteiger partial charge in [0.15, 0.2) is 0 Å². The first-order valence-corrected chi connectivity index (χ1v) is 8.19. The van der Waals surface area contributed by atoms with Crippen molar-refractivity contribution in [2.75, 3.05) is 31.6 Å². The molecule has 1 saturated heterocycles. The number of nitrogens with zero attached hydrogens (tertiary/aromatic N) is 3. The van der Waals surface area contributed by atoms with Crippen LogP contribution < -0.4 is 5.32 Å². The van der Waals surface area contributed by atoms with Crippen LogP contribution in [0.15, 0.2) is 17.3 Å². The minimum Gasteiger partial charge on any atom is -0.396 e. The number of anilines is 1. The first-order valence-electron chi connectivity index (χ1n) is 6.75. The summed E-state index contributed by atoms with van der Waals surface area (Å²) in [6, 6.07) is 0. The Bertz CT molecular complexity index is 524. The van der Waals surface area contributed by atoms with Gasteiger partial charge in [-0.15, -0.1) is 0 Å². The maximum atomic E-state index is 12.4. The van der Waals surface area contributed by atoms with Crippen molar-refractivity contribution >= 4 is 16.0 Å². The van der Waals surface area contributed by atoms with Gasteiger partial charge in [-0.3, -0.25) is 0 Å². The van der Waals surface area contributed by atoms with E-state index in [0.717, 1.165) is 0 Å². The zero-order valence-corrected chi connectivity index (χ0v) is 12.3. The number of hydrogen-bond acceptors (Lipinski definition) is 6. The van der Waals surface area contributed by atoms with Crippen molar-refractivity contribution in [3.63, 3.8) is 0 Å². The Hall–Kier alpha value is -1.25. The van der Waals surface area contributed by atoms with E-state index in [4.69, 9.17) is 5.11 Å². The van der Waals surface area contributed by atoms with Crippen molar-refractivity contribution in [2.45, 2.75) is 24.7 Å². The van der Waals surface area contributed by atoms with Crippen LogP contribution >= 0.6 is 0 Å². The maximum absolute atomic E-state index is 12.4. The lowest BCUT2D eigenvalue weighted by Gasteiger charge is -2.30. The molecule has 8 heteroatoms. The molecule has 0 bridgehead atoms. The van der Waals surface area contributed by atoms with E-state index in [2.05, 4.69) is 15.3 Å². The summed E-state index contributed by atoms with van der Waals surface area (Å²) in [5.74, 6) is 0.624. The Morgan fingerprint density at radius 3 is 2.45 bits per heavy atom. The highest BCUT2D eigenvalue weighted by atomic mass is 32.2. The molecule has 2 N–H and O–H groups in total. The van der Waals surface area contributed by atoms with Crippen LogP contribution in [0.2, 0.25) is 0 Å². The quantitative estimate of drug-likeness (QED) is 0.812. The summed E-state index contributed by atoms with van der Waals surface area (Å²) in [7, 11) is -3.53. The third kappa shape index (κ3) is 3.25. The molecule has 0 atom stereocenters. The van der Waals surface area contributed by atoms with Gasteiger partial charge in [0.1, 0.15) is 4.90 Å². The van der Waals surface area contributed by atoms with E-state index in [1.165, 1.54) is 16.7 Å². The molecule has 0 unspecified atom stereocenters. The van der Waals surface area contributed by atoms with Gasteiger partial charge in [0, 0.05) is 26.2 Å². The fraction of sp³-hybridized carbons (Fsp3) is 0.667. The van der Waals surface area contributed by atoms with Gasteiger partial charge in [-0.1, -0.05) is 0 Å². The second kappa shape index (κ2) is 6.47. The highest BCUT2D eigenvalue weighted by Gasteiger charge is 2.29. The topological polar surface area (TPSA) is 95.4 Å². The summed E-state index contributed by atoms with van der Waals surface area (Å²) in [4.78, 5) is 8.10. The number of sulfonamides is 1. The van der Waals surface area contributed by atoms with Crippen molar-refractivity contribution in [1.82, 2.24) is 14.3 Å². The fourth-order valence-electron chi connectivity index (χ4n) is 2.18. The van der Waals surface area contributed by atoms with E-state index in [1.54, 1.807) is 0 Å². The number of aromatic nitrogens is 2. The summed E-state index contributed by atoms with van der Waals surface area (Å²) in [6.07, 6.45) is 4.04. The first-order chi connectivity index (χ1) is 9.57. The fourth-order valence-corrected chi connectivity index (χ4v) is 3.54. The normalized spacial score (nSPS) is 18.1. The number of hydrogen-bond donors (Lipinski definition) is 2. The maximum Gasteiger partial charge on any atom is 0.246 e. The lowest BCUT2D eigenvalue weighted by molar-refractivity contribution is 0.170. The van der Waals surface area contributed by atoms with Gasteiger partial charge in [-0.25, -0.2) is 18.4 Å². The van der Waals surface area contributed by atoms with E-state index in [1.807, 2.05) is 6.92 Å². The van der Waals surface area contributed by atoms with Crippen molar-refractivity contribution in [3.05, 3.63) is 12.4 Å². The lowest BCUT2D eigenvalue weighted by Crippen LogP contribution is -2.39. The van der Waals surface area contributed by atoms with E-state index in [-0.39, 0.29) is 17.4 Å². The van der Waals surface area contributed by atoms with Crippen LogP contribution in [0, 0.1) is 5.92 Å². The molecule has 1 fully saturated rings. The molecular formula is C12H20N4O3S. The number of aliphatic hydroxyl groups excluding tert-OH is 1. The smallest absolute Gasteiger partial charge is 0.246 e. The molecule has 0 aliphatic carbocycles. The molecule has 2 rings (SSSR count). The monoisotopic (exact) mass is 300 g/mol. The molecule has 7 nitrogen and oxygen atoms in total. The second-order valence-electron chi connectivity index (χ2n) is 4.80. The zero-order valence-electron chi connectivity index (χ0n) is 11.5. The summed E-state index contributed by atoms with van der Waals surface area (Å²) in [5.41, 5.74) is 0. The third-order valence-electron chi connectivity index (χ3n) is 3.43. The number of nitrogens with one attached hydrogen (secondary N) is 1. The van der Waals surface area contributed by atoms with Crippen LogP contribution in [0.4, 0.5) is 5.95 Å². The largest absolute Gasteiger partial charge is 0.396 e. The van der Waals surface area contributed by atoms with Crippen LogP contribution in [-0.2, 0) is 10.0 Å². The Balaban J connectivity index is 2.10. The molecule has 1 aliphatic rings. The average Bonchev–Trinajstić information content (AvgIpc) is 2.48. The SMILES string of the molecule is CCNc1ncc(S(=O)(=O)N2CCC(CO)CC2)cn1. The van der Waals surface area contributed by atoms with Gasteiger partial charge in [0.25, 0.3) is 0 Å². The molecule has 1 aliphatic heterocycles. The van der Waals surface area contributed by atoms with Crippen LogP contribution in [0.5, 0.6) is 0 Å². The average molecular weight is 300 g/mol. The predicted molar refractivity (Wildman–Crippen MR) is 74.8 cm³/mol. The molecule has 0 aromatic carbocycles. The summed E-state index contributed by atoms with van der Waals surface area (Å²) in [6.45, 7) is 3.58. The molecule has 0 radical (unpaired) electrons. The minimum atomic E-state index is -3.53. The van der Waals surface area contributed by atoms with E-state index < -0.39 is 10.0 Å². The predicted octanol–water partition coefficient (Wildman–Crippen LogP) is 0.301. The summed E-state index contributed by atoms with van der Waals surface area (Å²) < 4.78 is 26.3. The van der Waals surface area contributed by atoms with Crippen LogP contribution in [-0.4, -0.2) is 54.0 Å².